The number of fused-ring (bicyclic) bond motifs is 1. The van der Waals surface area contributed by atoms with E-state index in [1.165, 1.54) is 19.1 Å². The minimum absolute atomic E-state index is 0.248. The Labute approximate surface area is 91.4 Å². The first-order valence-corrected chi connectivity index (χ1v) is 4.64. The molecule has 0 aromatic heterocycles. The second kappa shape index (κ2) is 3.24. The van der Waals surface area contributed by atoms with Gasteiger partial charge in [0.15, 0.2) is 0 Å². The molecule has 1 amide bonds. The van der Waals surface area contributed by atoms with E-state index in [2.05, 4.69) is 0 Å². The Hall–Kier alpha value is -1.55. The Bertz CT molecular complexity index is 470. The number of ketones is 1. The first-order chi connectivity index (χ1) is 7.07. The van der Waals surface area contributed by atoms with E-state index in [4.69, 9.17) is 16.3 Å². The molecule has 1 aliphatic rings. The van der Waals surface area contributed by atoms with Gasteiger partial charge in [-0.25, -0.2) is 0 Å². The van der Waals surface area contributed by atoms with Crippen molar-refractivity contribution in [2.24, 2.45) is 0 Å². The van der Waals surface area contributed by atoms with Gasteiger partial charge < -0.3 is 9.64 Å². The standard InChI is InChI=1S/C10H8ClNO3/c1-12-8-5(11)3-4-6(15-2)7(8)9(13)10(12)14/h3-4H,1-2H3. The molecule has 0 atom stereocenters. The molecule has 78 valence electrons. The van der Waals surface area contributed by atoms with Crippen LogP contribution in [-0.4, -0.2) is 25.8 Å². The molecule has 5 heteroatoms. The van der Waals surface area contributed by atoms with Gasteiger partial charge in [-0.15, -0.1) is 0 Å². The van der Waals surface area contributed by atoms with Gasteiger partial charge in [-0.2, -0.15) is 0 Å². The molecular weight excluding hydrogens is 218 g/mol. The number of rotatable bonds is 1. The number of carbonyl (C=O) groups is 2. The summed E-state index contributed by atoms with van der Waals surface area (Å²) in [6.45, 7) is 0. The molecule has 0 aliphatic carbocycles. The number of benzene rings is 1. The molecule has 0 N–H and O–H groups in total. The van der Waals surface area contributed by atoms with Crippen LogP contribution in [0, 0.1) is 0 Å². The molecule has 1 aromatic rings. The molecule has 1 heterocycles. The lowest BCUT2D eigenvalue weighted by Gasteiger charge is -2.11. The fourth-order valence-electron chi connectivity index (χ4n) is 1.63. The third-order valence-corrected chi connectivity index (χ3v) is 2.68. The van der Waals surface area contributed by atoms with E-state index in [0.717, 1.165) is 0 Å². The number of hydrogen-bond acceptors (Lipinski definition) is 3. The van der Waals surface area contributed by atoms with E-state index in [0.29, 0.717) is 16.5 Å². The molecule has 1 aromatic carbocycles. The van der Waals surface area contributed by atoms with Gasteiger partial charge in [0.2, 0.25) is 0 Å². The molecule has 2 rings (SSSR count). The maximum Gasteiger partial charge on any atom is 0.299 e. The van der Waals surface area contributed by atoms with Crippen LogP contribution >= 0.6 is 11.6 Å². The Kier molecular flexibility index (Phi) is 2.16. The number of carbonyl (C=O) groups excluding carboxylic acids is 2. The van der Waals surface area contributed by atoms with Gasteiger partial charge >= 0.3 is 0 Å². The summed E-state index contributed by atoms with van der Waals surface area (Å²) in [5.41, 5.74) is 0.670. The van der Waals surface area contributed by atoms with E-state index in [1.54, 1.807) is 12.1 Å². The lowest BCUT2D eigenvalue weighted by atomic mass is 10.1. The van der Waals surface area contributed by atoms with Crippen molar-refractivity contribution in [1.29, 1.82) is 0 Å². The second-order valence-electron chi connectivity index (χ2n) is 3.17. The van der Waals surface area contributed by atoms with Crippen molar-refractivity contribution in [2.75, 3.05) is 19.1 Å². The third-order valence-electron chi connectivity index (χ3n) is 2.37. The number of likely N-dealkylation sites (N-methyl/N-ethyl adjacent to an activating group) is 1. The molecule has 0 saturated carbocycles. The van der Waals surface area contributed by atoms with E-state index in [9.17, 15) is 9.59 Å². The first kappa shape index (κ1) is 9.98. The zero-order valence-corrected chi connectivity index (χ0v) is 8.96. The summed E-state index contributed by atoms with van der Waals surface area (Å²) in [6, 6.07) is 3.17. The Morgan fingerprint density at radius 3 is 2.60 bits per heavy atom. The number of methoxy groups -OCH3 is 1. The molecule has 0 bridgehead atoms. The van der Waals surface area contributed by atoms with Crippen LogP contribution in [0.2, 0.25) is 5.02 Å². The van der Waals surface area contributed by atoms with E-state index in [1.807, 2.05) is 0 Å². The van der Waals surface area contributed by atoms with Gasteiger partial charge in [-0.3, -0.25) is 9.59 Å². The second-order valence-corrected chi connectivity index (χ2v) is 3.57. The van der Waals surface area contributed by atoms with Crippen molar-refractivity contribution in [3.8, 4) is 5.75 Å². The zero-order chi connectivity index (χ0) is 11.2. The zero-order valence-electron chi connectivity index (χ0n) is 8.20. The van der Waals surface area contributed by atoms with Gasteiger partial charge in [0.05, 0.1) is 23.4 Å². The number of Topliss-reactive ketones (excluding diaryl/α,β-unsaturated/α-hetero) is 1. The van der Waals surface area contributed by atoms with Crippen LogP contribution in [0.5, 0.6) is 5.75 Å². The summed E-state index contributed by atoms with van der Waals surface area (Å²) in [6.07, 6.45) is 0. The summed E-state index contributed by atoms with van der Waals surface area (Å²) in [4.78, 5) is 24.3. The number of hydrogen-bond donors (Lipinski definition) is 0. The average molecular weight is 226 g/mol. The monoisotopic (exact) mass is 225 g/mol. The van der Waals surface area contributed by atoms with Crippen molar-refractivity contribution in [3.63, 3.8) is 0 Å². The highest BCUT2D eigenvalue weighted by Crippen LogP contribution is 2.40. The molecule has 0 radical (unpaired) electrons. The van der Waals surface area contributed by atoms with Crippen molar-refractivity contribution < 1.29 is 14.3 Å². The highest BCUT2D eigenvalue weighted by Gasteiger charge is 2.37. The van der Waals surface area contributed by atoms with Gasteiger partial charge in [0.25, 0.3) is 11.7 Å². The molecule has 15 heavy (non-hydrogen) atoms. The van der Waals surface area contributed by atoms with Crippen molar-refractivity contribution in [3.05, 3.63) is 22.7 Å². The maximum atomic E-state index is 11.6. The summed E-state index contributed by atoms with van der Waals surface area (Å²) >= 11 is 5.92. The lowest BCUT2D eigenvalue weighted by molar-refractivity contribution is -0.114. The van der Waals surface area contributed by atoms with Crippen LogP contribution in [0.25, 0.3) is 0 Å². The minimum Gasteiger partial charge on any atom is -0.496 e. The predicted octanol–water partition coefficient (Wildman–Crippen LogP) is 1.51. The van der Waals surface area contributed by atoms with Gasteiger partial charge in [-0.05, 0) is 12.1 Å². The molecule has 0 unspecified atom stereocenters. The number of anilines is 1. The fourth-order valence-corrected chi connectivity index (χ4v) is 1.91. The van der Waals surface area contributed by atoms with Crippen LogP contribution in [0.1, 0.15) is 10.4 Å². The molecular formula is C10H8ClNO3. The topological polar surface area (TPSA) is 46.6 Å². The molecule has 0 fully saturated rings. The van der Waals surface area contributed by atoms with Crippen molar-refractivity contribution >= 4 is 29.0 Å². The normalized spacial score (nSPS) is 14.5. The van der Waals surface area contributed by atoms with Crippen molar-refractivity contribution in [1.82, 2.24) is 0 Å². The Morgan fingerprint density at radius 2 is 2.00 bits per heavy atom. The first-order valence-electron chi connectivity index (χ1n) is 4.26. The van der Waals surface area contributed by atoms with Crippen LogP contribution in [0.4, 0.5) is 5.69 Å². The summed E-state index contributed by atoms with van der Waals surface area (Å²) in [5, 5.41) is 0.368. The van der Waals surface area contributed by atoms with Gasteiger partial charge in [0, 0.05) is 7.05 Å². The molecule has 0 spiro atoms. The minimum atomic E-state index is -0.587. The van der Waals surface area contributed by atoms with E-state index >= 15 is 0 Å². The number of nitrogens with zero attached hydrogens (tertiary/aromatic N) is 1. The maximum absolute atomic E-state index is 11.6. The molecule has 0 saturated heterocycles. The van der Waals surface area contributed by atoms with E-state index in [-0.39, 0.29) is 5.56 Å². The Morgan fingerprint density at radius 1 is 1.33 bits per heavy atom. The number of amides is 1. The average Bonchev–Trinajstić information content (AvgIpc) is 2.46. The summed E-state index contributed by atoms with van der Waals surface area (Å²) < 4.78 is 5.02. The Balaban J connectivity index is 2.76. The largest absolute Gasteiger partial charge is 0.496 e. The third kappa shape index (κ3) is 1.22. The van der Waals surface area contributed by atoms with Gasteiger partial charge in [0.1, 0.15) is 5.75 Å². The fraction of sp³-hybridized carbons (Fsp3) is 0.200. The quantitative estimate of drug-likeness (QED) is 0.681. The summed E-state index contributed by atoms with van der Waals surface area (Å²) in [7, 11) is 2.96. The van der Waals surface area contributed by atoms with Crippen LogP contribution in [-0.2, 0) is 4.79 Å². The molecule has 4 nitrogen and oxygen atoms in total. The van der Waals surface area contributed by atoms with Crippen molar-refractivity contribution in [2.45, 2.75) is 0 Å². The lowest BCUT2D eigenvalue weighted by Crippen LogP contribution is -2.24. The SMILES string of the molecule is COc1ccc(Cl)c2c1C(=O)C(=O)N2C. The smallest absolute Gasteiger partial charge is 0.299 e. The number of halogens is 1. The highest BCUT2D eigenvalue weighted by atomic mass is 35.5. The highest BCUT2D eigenvalue weighted by molar-refractivity contribution is 6.54. The van der Waals surface area contributed by atoms with Gasteiger partial charge in [-0.1, -0.05) is 11.6 Å². The predicted molar refractivity (Wildman–Crippen MR) is 55.7 cm³/mol. The summed E-state index contributed by atoms with van der Waals surface area (Å²) in [5.74, 6) is -0.791. The number of ether oxygens (including phenoxy) is 1. The van der Waals surface area contributed by atoms with Crippen LogP contribution in [0.3, 0.4) is 0 Å². The van der Waals surface area contributed by atoms with Crippen LogP contribution in [0.15, 0.2) is 12.1 Å². The van der Waals surface area contributed by atoms with Crippen LogP contribution < -0.4 is 9.64 Å². The van der Waals surface area contributed by atoms with E-state index < -0.39 is 11.7 Å². The molecule has 1 aliphatic heterocycles.